The number of hydrogen-bond acceptors (Lipinski definition) is 1. The largest absolute Gasteiger partial charge is 0.450 e. The van der Waals surface area contributed by atoms with Crippen LogP contribution in [0.1, 0.15) is 26.2 Å². The number of carbonyl (C=O) groups is 1. The van der Waals surface area contributed by atoms with Crippen molar-refractivity contribution in [3.8, 4) is 0 Å². The fourth-order valence-electron chi connectivity index (χ4n) is 0.591. The Bertz CT molecular complexity index is 170. The van der Waals surface area contributed by atoms with E-state index in [-0.39, 0.29) is 0 Å². The Hall–Kier alpha value is -0.800. The van der Waals surface area contributed by atoms with Crippen LogP contribution < -0.4 is 0 Å². The summed E-state index contributed by atoms with van der Waals surface area (Å²) in [5, 5.41) is 0. The molecule has 0 unspecified atom stereocenters. The average molecular weight is 180 g/mol. The highest BCUT2D eigenvalue weighted by atomic mass is 19.4. The van der Waals surface area contributed by atoms with Gasteiger partial charge >= 0.3 is 6.18 Å². The normalized spacial score (nSPS) is 12.3. The second-order valence-electron chi connectivity index (χ2n) is 2.39. The van der Waals surface area contributed by atoms with E-state index >= 15 is 0 Å². The molecule has 0 aliphatic heterocycles. The zero-order chi connectivity index (χ0) is 9.61. The molecular weight excluding hydrogens is 169 g/mol. The Kier molecular flexibility index (Phi) is 4.62. The molecule has 0 bridgehead atoms. The number of allylic oxidation sites excluding steroid dienone is 2. The van der Waals surface area contributed by atoms with E-state index in [0.29, 0.717) is 6.42 Å². The van der Waals surface area contributed by atoms with Crippen LogP contribution >= 0.6 is 0 Å². The van der Waals surface area contributed by atoms with Crippen LogP contribution in [-0.4, -0.2) is 12.0 Å². The first-order chi connectivity index (χ1) is 5.48. The fraction of sp³-hybridized carbons (Fsp3) is 0.625. The Labute approximate surface area is 69.3 Å². The summed E-state index contributed by atoms with van der Waals surface area (Å²) in [6.07, 6.45) is -0.787. The third kappa shape index (κ3) is 4.93. The Balaban J connectivity index is 3.72. The summed E-state index contributed by atoms with van der Waals surface area (Å²) < 4.78 is 34.7. The first-order valence-electron chi connectivity index (χ1n) is 3.73. The maximum absolute atomic E-state index is 11.6. The summed E-state index contributed by atoms with van der Waals surface area (Å²) in [6.45, 7) is 1.91. The maximum atomic E-state index is 11.6. The topological polar surface area (TPSA) is 17.1 Å². The molecule has 4 heteroatoms. The molecule has 70 valence electrons. The highest BCUT2D eigenvalue weighted by Gasteiger charge is 2.36. The van der Waals surface area contributed by atoms with Crippen molar-refractivity contribution in [3.63, 3.8) is 0 Å². The number of alkyl halides is 3. The minimum atomic E-state index is -4.68. The van der Waals surface area contributed by atoms with Crippen molar-refractivity contribution in [2.24, 2.45) is 0 Å². The molecule has 0 radical (unpaired) electrons. The number of Topliss-reactive ketones (excluding diaryl/α,β-unsaturated/α-hetero) is 1. The van der Waals surface area contributed by atoms with Gasteiger partial charge in [0.05, 0.1) is 0 Å². The second kappa shape index (κ2) is 4.95. The fourth-order valence-corrected chi connectivity index (χ4v) is 0.591. The van der Waals surface area contributed by atoms with Crippen molar-refractivity contribution < 1.29 is 18.0 Å². The van der Waals surface area contributed by atoms with Crippen LogP contribution in [0.5, 0.6) is 0 Å². The van der Waals surface area contributed by atoms with Gasteiger partial charge in [-0.25, -0.2) is 0 Å². The van der Waals surface area contributed by atoms with Gasteiger partial charge in [0.15, 0.2) is 0 Å². The van der Waals surface area contributed by atoms with Crippen LogP contribution in [0.4, 0.5) is 13.2 Å². The third-order valence-corrected chi connectivity index (χ3v) is 1.24. The van der Waals surface area contributed by atoms with Crippen LogP contribution in [-0.2, 0) is 4.79 Å². The van der Waals surface area contributed by atoms with Crippen molar-refractivity contribution in [1.82, 2.24) is 0 Å². The molecule has 0 heterocycles. The van der Waals surface area contributed by atoms with Gasteiger partial charge in [0.25, 0.3) is 0 Å². The quantitative estimate of drug-likeness (QED) is 0.608. The predicted octanol–water partition coefficient (Wildman–Crippen LogP) is 2.86. The molecular formula is C8H11F3O. The summed E-state index contributed by atoms with van der Waals surface area (Å²) in [5.74, 6) is -1.69. The zero-order valence-corrected chi connectivity index (χ0v) is 6.82. The minimum absolute atomic E-state index is 0.538. The molecule has 0 amide bonds. The summed E-state index contributed by atoms with van der Waals surface area (Å²) in [7, 11) is 0. The Morgan fingerprint density at radius 2 is 1.92 bits per heavy atom. The highest BCUT2D eigenvalue weighted by molar-refractivity contribution is 5.85. The van der Waals surface area contributed by atoms with Gasteiger partial charge in [-0.05, 0) is 6.42 Å². The number of unbranched alkanes of at least 4 members (excludes halogenated alkanes) is 1. The van der Waals surface area contributed by atoms with E-state index in [0.717, 1.165) is 6.42 Å². The van der Waals surface area contributed by atoms with Crippen LogP contribution in [0.3, 0.4) is 0 Å². The number of halogens is 3. The highest BCUT2D eigenvalue weighted by Crippen LogP contribution is 2.17. The van der Waals surface area contributed by atoms with Gasteiger partial charge in [0, 0.05) is 6.42 Å². The van der Waals surface area contributed by atoms with E-state index < -0.39 is 18.4 Å². The van der Waals surface area contributed by atoms with E-state index in [1.807, 2.05) is 6.92 Å². The van der Waals surface area contributed by atoms with E-state index in [4.69, 9.17) is 0 Å². The summed E-state index contributed by atoms with van der Waals surface area (Å²) in [6, 6.07) is 0. The SMILES string of the molecule is CCCC=CCC(=O)C(F)(F)F. The monoisotopic (exact) mass is 180 g/mol. The van der Waals surface area contributed by atoms with Crippen LogP contribution in [0.25, 0.3) is 0 Å². The first kappa shape index (κ1) is 11.2. The van der Waals surface area contributed by atoms with E-state index in [1.54, 1.807) is 6.08 Å². The third-order valence-electron chi connectivity index (χ3n) is 1.24. The van der Waals surface area contributed by atoms with E-state index in [9.17, 15) is 18.0 Å². The second-order valence-corrected chi connectivity index (χ2v) is 2.39. The van der Waals surface area contributed by atoms with Gasteiger partial charge in [-0.15, -0.1) is 0 Å². The Morgan fingerprint density at radius 1 is 1.33 bits per heavy atom. The number of rotatable bonds is 4. The van der Waals surface area contributed by atoms with Crippen molar-refractivity contribution in [2.45, 2.75) is 32.4 Å². The van der Waals surface area contributed by atoms with Gasteiger partial charge < -0.3 is 0 Å². The molecule has 0 aromatic carbocycles. The summed E-state index contributed by atoms with van der Waals surface area (Å²) >= 11 is 0. The van der Waals surface area contributed by atoms with Gasteiger partial charge in [-0.3, -0.25) is 4.79 Å². The van der Waals surface area contributed by atoms with Gasteiger partial charge in [0.2, 0.25) is 5.78 Å². The summed E-state index contributed by atoms with van der Waals surface area (Å²) in [4.78, 5) is 10.3. The molecule has 0 spiro atoms. The lowest BCUT2D eigenvalue weighted by Crippen LogP contribution is -2.21. The molecule has 0 saturated carbocycles. The van der Waals surface area contributed by atoms with Crippen LogP contribution in [0, 0.1) is 0 Å². The minimum Gasteiger partial charge on any atom is -0.289 e. The zero-order valence-electron chi connectivity index (χ0n) is 6.82. The number of carbonyl (C=O) groups excluding carboxylic acids is 1. The number of hydrogen-bond donors (Lipinski definition) is 0. The van der Waals surface area contributed by atoms with Crippen molar-refractivity contribution in [3.05, 3.63) is 12.2 Å². The van der Waals surface area contributed by atoms with Crippen molar-refractivity contribution in [1.29, 1.82) is 0 Å². The molecule has 0 saturated heterocycles. The molecule has 0 aliphatic rings. The molecule has 0 atom stereocenters. The van der Waals surface area contributed by atoms with Gasteiger partial charge in [0.1, 0.15) is 0 Å². The lowest BCUT2D eigenvalue weighted by Gasteiger charge is -2.00. The van der Waals surface area contributed by atoms with Crippen molar-refractivity contribution >= 4 is 5.78 Å². The lowest BCUT2D eigenvalue weighted by atomic mass is 10.2. The molecule has 1 nitrogen and oxygen atoms in total. The predicted molar refractivity (Wildman–Crippen MR) is 39.7 cm³/mol. The molecule has 0 aromatic rings. The van der Waals surface area contributed by atoms with Gasteiger partial charge in [-0.1, -0.05) is 25.5 Å². The lowest BCUT2D eigenvalue weighted by molar-refractivity contribution is -0.170. The van der Waals surface area contributed by atoms with Gasteiger partial charge in [-0.2, -0.15) is 13.2 Å². The average Bonchev–Trinajstić information content (AvgIpc) is 1.96. The van der Waals surface area contributed by atoms with E-state index in [1.165, 1.54) is 6.08 Å². The molecule has 12 heavy (non-hydrogen) atoms. The van der Waals surface area contributed by atoms with Crippen molar-refractivity contribution in [2.75, 3.05) is 0 Å². The molecule has 0 N–H and O–H groups in total. The molecule has 0 fully saturated rings. The molecule has 0 aromatic heterocycles. The van der Waals surface area contributed by atoms with E-state index in [2.05, 4.69) is 0 Å². The number of ketones is 1. The standard InChI is InChI=1S/C8H11F3O/c1-2-3-4-5-6-7(12)8(9,10)11/h4-5H,2-3,6H2,1H3. The molecule has 0 rings (SSSR count). The molecule has 0 aliphatic carbocycles. The maximum Gasteiger partial charge on any atom is 0.450 e. The smallest absolute Gasteiger partial charge is 0.289 e. The summed E-state index contributed by atoms with van der Waals surface area (Å²) in [5.41, 5.74) is 0. The Morgan fingerprint density at radius 3 is 2.33 bits per heavy atom. The van der Waals surface area contributed by atoms with Crippen LogP contribution in [0.15, 0.2) is 12.2 Å². The van der Waals surface area contributed by atoms with Crippen LogP contribution in [0.2, 0.25) is 0 Å². The first-order valence-corrected chi connectivity index (χ1v) is 3.73.